The Hall–Kier alpha value is -3.91. The number of carbonyl (C=O) groups is 3. The number of rotatable bonds is 12. The van der Waals surface area contributed by atoms with Gasteiger partial charge in [0.25, 0.3) is 0 Å². The first-order valence-electron chi connectivity index (χ1n) is 14.2. The Kier molecular flexibility index (Phi) is 8.28. The van der Waals surface area contributed by atoms with Crippen molar-refractivity contribution in [3.63, 3.8) is 0 Å². The maximum absolute atomic E-state index is 15.1. The molecule has 0 radical (unpaired) electrons. The van der Waals surface area contributed by atoms with Gasteiger partial charge in [-0.1, -0.05) is 12.7 Å². The molecule has 2 saturated carbocycles. The Balaban J connectivity index is 1.26. The van der Waals surface area contributed by atoms with Crippen LogP contribution in [0.1, 0.15) is 49.3 Å². The third kappa shape index (κ3) is 6.00. The number of Topliss-reactive ketones (excluding diaryl/α,β-unsaturated/α-hetero) is 2. The van der Waals surface area contributed by atoms with Gasteiger partial charge in [-0.2, -0.15) is 0 Å². The number of hydrogen-bond acceptors (Lipinski definition) is 5. The third-order valence-corrected chi connectivity index (χ3v) is 8.53. The number of ketones is 2. The van der Waals surface area contributed by atoms with Crippen LogP contribution in [0.4, 0.5) is 8.78 Å². The highest BCUT2D eigenvalue weighted by Crippen LogP contribution is 2.64. The number of benzene rings is 2. The van der Waals surface area contributed by atoms with Crippen molar-refractivity contribution in [2.75, 3.05) is 6.61 Å². The van der Waals surface area contributed by atoms with Gasteiger partial charge in [0.1, 0.15) is 23.5 Å². The molecule has 0 aliphatic heterocycles. The summed E-state index contributed by atoms with van der Waals surface area (Å²) in [7, 11) is 0. The molecular formula is C34H34F2O6. The molecule has 0 bridgehead atoms. The largest absolute Gasteiger partial charge is 0.494 e. The van der Waals surface area contributed by atoms with Gasteiger partial charge in [0.15, 0.2) is 11.6 Å². The summed E-state index contributed by atoms with van der Waals surface area (Å²) < 4.78 is 41.8. The van der Waals surface area contributed by atoms with Crippen LogP contribution in [0.2, 0.25) is 0 Å². The van der Waals surface area contributed by atoms with Gasteiger partial charge in [-0.25, -0.2) is 8.78 Å². The van der Waals surface area contributed by atoms with E-state index in [9.17, 15) is 18.8 Å². The molecule has 0 aromatic heterocycles. The highest BCUT2D eigenvalue weighted by Gasteiger charge is 2.58. The summed E-state index contributed by atoms with van der Waals surface area (Å²) in [6, 6.07) is 5.89. The Morgan fingerprint density at radius 3 is 2.45 bits per heavy atom. The molecule has 220 valence electrons. The van der Waals surface area contributed by atoms with Gasteiger partial charge in [-0.15, -0.1) is 0 Å². The van der Waals surface area contributed by atoms with E-state index in [2.05, 4.69) is 6.58 Å². The average molecular weight is 577 g/mol. The lowest BCUT2D eigenvalue weighted by atomic mass is 9.90. The maximum atomic E-state index is 15.1. The molecule has 0 spiro atoms. The second kappa shape index (κ2) is 11.8. The molecule has 0 saturated heterocycles. The first kappa shape index (κ1) is 29.6. The number of aliphatic carboxylic acids is 1. The minimum absolute atomic E-state index is 0.0808. The Morgan fingerprint density at radius 2 is 1.79 bits per heavy atom. The molecule has 5 rings (SSSR count). The highest BCUT2D eigenvalue weighted by atomic mass is 19.1. The molecule has 3 aliphatic rings. The number of allylic oxidation sites excluding steroid dienone is 2. The molecule has 1 N–H and O–H groups in total. The zero-order valence-electron chi connectivity index (χ0n) is 24.0. The number of carbonyl (C=O) groups excluding carboxylic acids is 2. The lowest BCUT2D eigenvalue weighted by molar-refractivity contribution is -0.137. The number of ether oxygens (including phenoxy) is 2. The summed E-state index contributed by atoms with van der Waals surface area (Å²) in [6.07, 6.45) is 5.04. The van der Waals surface area contributed by atoms with Crippen molar-refractivity contribution in [3.05, 3.63) is 88.0 Å². The first-order chi connectivity index (χ1) is 19.9. The lowest BCUT2D eigenvalue weighted by Crippen LogP contribution is -2.17. The van der Waals surface area contributed by atoms with E-state index in [0.29, 0.717) is 23.7 Å². The van der Waals surface area contributed by atoms with Crippen LogP contribution < -0.4 is 4.74 Å². The normalized spacial score (nSPS) is 22.2. The number of carboxylic acid groups (broad SMARTS) is 1. The Labute approximate surface area is 243 Å². The second-order valence-corrected chi connectivity index (χ2v) is 11.5. The van der Waals surface area contributed by atoms with Gasteiger partial charge in [-0.3, -0.25) is 14.4 Å². The fourth-order valence-corrected chi connectivity index (χ4v) is 6.44. The Morgan fingerprint density at radius 1 is 1.07 bits per heavy atom. The molecule has 6 nitrogen and oxygen atoms in total. The van der Waals surface area contributed by atoms with Crippen molar-refractivity contribution in [1.29, 1.82) is 0 Å². The molecular weight excluding hydrogens is 542 g/mol. The topological polar surface area (TPSA) is 89.9 Å². The van der Waals surface area contributed by atoms with E-state index in [-0.39, 0.29) is 49.0 Å². The zero-order chi connectivity index (χ0) is 30.3. The fraction of sp³-hybridized carbons (Fsp3) is 0.382. The molecule has 42 heavy (non-hydrogen) atoms. The SMILES string of the molecule is C=C1C=C2C(=CC1OCc1cc(-c3c(C)cc(OCCCC(=O)C(C)=O)cc3C)c(F)cc1F)C[C@H]1[C@H](CC(=O)O)[C@@H]21. The van der Waals surface area contributed by atoms with Crippen LogP contribution in [0.5, 0.6) is 5.75 Å². The summed E-state index contributed by atoms with van der Waals surface area (Å²) in [5.41, 5.74) is 5.61. The number of fused-ring (bicyclic) bond motifs is 3. The van der Waals surface area contributed by atoms with Crippen molar-refractivity contribution >= 4 is 17.5 Å². The number of hydrogen-bond donors (Lipinski definition) is 1. The van der Waals surface area contributed by atoms with Gasteiger partial charge >= 0.3 is 5.97 Å². The quantitative estimate of drug-likeness (QED) is 0.226. The van der Waals surface area contributed by atoms with E-state index in [4.69, 9.17) is 14.6 Å². The van der Waals surface area contributed by atoms with Gasteiger partial charge < -0.3 is 14.6 Å². The monoisotopic (exact) mass is 576 g/mol. The predicted molar refractivity (Wildman–Crippen MR) is 153 cm³/mol. The number of halogens is 2. The van der Waals surface area contributed by atoms with Crippen molar-refractivity contribution in [2.45, 2.75) is 59.2 Å². The predicted octanol–water partition coefficient (Wildman–Crippen LogP) is 6.61. The van der Waals surface area contributed by atoms with Crippen LogP contribution >= 0.6 is 0 Å². The molecule has 8 heteroatoms. The van der Waals surface area contributed by atoms with Gasteiger partial charge in [-0.05, 0) is 102 Å². The molecule has 2 aromatic carbocycles. The molecule has 3 aliphatic carbocycles. The molecule has 4 atom stereocenters. The van der Waals surface area contributed by atoms with E-state index in [1.54, 1.807) is 12.1 Å². The van der Waals surface area contributed by atoms with Crippen LogP contribution in [0.25, 0.3) is 11.1 Å². The van der Waals surface area contributed by atoms with Gasteiger partial charge in [0.05, 0.1) is 13.2 Å². The lowest BCUT2D eigenvalue weighted by Gasteiger charge is -2.23. The van der Waals surface area contributed by atoms with Crippen LogP contribution in [-0.2, 0) is 25.7 Å². The molecule has 2 fully saturated rings. The maximum Gasteiger partial charge on any atom is 0.303 e. The summed E-state index contributed by atoms with van der Waals surface area (Å²) in [5, 5.41) is 9.14. The molecule has 0 amide bonds. The second-order valence-electron chi connectivity index (χ2n) is 11.5. The van der Waals surface area contributed by atoms with Gasteiger partial charge in [0.2, 0.25) is 0 Å². The van der Waals surface area contributed by atoms with Crippen molar-refractivity contribution in [3.8, 4) is 16.9 Å². The number of carboxylic acids is 1. The van der Waals surface area contributed by atoms with Gasteiger partial charge in [0, 0.05) is 37.0 Å². The molecule has 1 unspecified atom stereocenters. The summed E-state index contributed by atoms with van der Waals surface area (Å²) in [6.45, 7) is 9.19. The van der Waals surface area contributed by atoms with E-state index in [1.165, 1.54) is 13.0 Å². The van der Waals surface area contributed by atoms with Crippen molar-refractivity contribution in [2.24, 2.45) is 17.8 Å². The fourth-order valence-electron chi connectivity index (χ4n) is 6.44. The van der Waals surface area contributed by atoms with Crippen molar-refractivity contribution in [1.82, 2.24) is 0 Å². The zero-order valence-corrected chi connectivity index (χ0v) is 24.0. The highest BCUT2D eigenvalue weighted by molar-refractivity contribution is 6.36. The van der Waals surface area contributed by atoms with Crippen molar-refractivity contribution < 1.29 is 37.7 Å². The Bertz CT molecular complexity index is 1530. The van der Waals surface area contributed by atoms with Crippen LogP contribution in [0, 0.1) is 43.2 Å². The first-order valence-corrected chi connectivity index (χ1v) is 14.2. The average Bonchev–Trinajstić information content (AvgIpc) is 3.42. The summed E-state index contributed by atoms with van der Waals surface area (Å²) in [5.74, 6) is -1.71. The smallest absolute Gasteiger partial charge is 0.303 e. The minimum atomic E-state index is -0.775. The molecule has 2 aromatic rings. The van der Waals surface area contributed by atoms with Crippen LogP contribution in [0.3, 0.4) is 0 Å². The number of aryl methyl sites for hydroxylation is 2. The third-order valence-electron chi connectivity index (χ3n) is 8.53. The van der Waals surface area contributed by atoms with E-state index in [0.717, 1.165) is 40.3 Å². The molecule has 0 heterocycles. The van der Waals surface area contributed by atoms with E-state index >= 15 is 4.39 Å². The van der Waals surface area contributed by atoms with Crippen LogP contribution in [-0.4, -0.2) is 35.4 Å². The summed E-state index contributed by atoms with van der Waals surface area (Å²) in [4.78, 5) is 33.7. The van der Waals surface area contributed by atoms with E-state index in [1.807, 2.05) is 26.0 Å². The minimum Gasteiger partial charge on any atom is -0.494 e. The summed E-state index contributed by atoms with van der Waals surface area (Å²) >= 11 is 0. The standard InChI is InChI=1S/C34H34F2O6/c1-17-10-24-21(11-25-26(34(24)25)14-32(39)40)13-31(17)42-16-22-12-27(29(36)15-28(22)35)33-18(2)8-23(9-19(33)3)41-7-5-6-30(38)20(4)37/h8-10,12-13,15,25-26,31,34H,1,5-7,11,14,16H2,2-4H3,(H,39,40)/t25-,26-,31?,34-/m0/s1. The van der Waals surface area contributed by atoms with Crippen LogP contribution in [0.15, 0.2) is 59.7 Å². The van der Waals surface area contributed by atoms with E-state index < -0.39 is 35.3 Å².